The lowest BCUT2D eigenvalue weighted by Gasteiger charge is -2.36. The van der Waals surface area contributed by atoms with Gasteiger partial charge in [-0.15, -0.1) is 10.3 Å². The maximum Gasteiger partial charge on any atom is 0.143 e. The lowest BCUT2D eigenvalue weighted by molar-refractivity contribution is -0.116. The lowest BCUT2D eigenvalue weighted by atomic mass is 10.2. The predicted octanol–water partition coefficient (Wildman–Crippen LogP) is 2.68. The fraction of sp³-hybridized carbons (Fsp3) is 0.385. The fourth-order valence-corrected chi connectivity index (χ4v) is 4.28. The van der Waals surface area contributed by atoms with Gasteiger partial charge in [0, 0.05) is 17.9 Å². The molecule has 1 N–H and O–H groups in total. The largest absolute Gasteiger partial charge is 0.351 e. The van der Waals surface area contributed by atoms with Crippen LogP contribution in [0.1, 0.15) is 12.0 Å². The van der Waals surface area contributed by atoms with Gasteiger partial charge in [-0.1, -0.05) is 30.3 Å². The highest BCUT2D eigenvalue weighted by atomic mass is 32.3. The summed E-state index contributed by atoms with van der Waals surface area (Å²) < 4.78 is 10.3. The first-order valence-corrected chi connectivity index (χ1v) is 7.64. The molecule has 1 saturated heterocycles. The van der Waals surface area contributed by atoms with Gasteiger partial charge in [0.05, 0.1) is 5.75 Å². The summed E-state index contributed by atoms with van der Waals surface area (Å²) in [6.45, 7) is 0. The van der Waals surface area contributed by atoms with Crippen LogP contribution in [0.25, 0.3) is 0 Å². The lowest BCUT2D eigenvalue weighted by Crippen LogP contribution is -2.25. The maximum atomic E-state index is 11.3. The van der Waals surface area contributed by atoms with Crippen LogP contribution in [0.4, 0.5) is 0 Å². The molecule has 1 aromatic carbocycles. The number of Topliss-reactive ketones (excluding diaryl/α,β-unsaturated/α-hetero) is 1. The third-order valence-electron chi connectivity index (χ3n) is 2.84. The van der Waals surface area contributed by atoms with Crippen LogP contribution in [0.15, 0.2) is 30.3 Å². The van der Waals surface area contributed by atoms with E-state index in [0.717, 1.165) is 17.9 Å². The summed E-state index contributed by atoms with van der Waals surface area (Å²) in [5.74, 6) is 2.07. The zero-order valence-electron chi connectivity index (χ0n) is 9.26. The Bertz CT molecular complexity index is 363. The minimum atomic E-state index is -1.69. The van der Waals surface area contributed by atoms with Crippen molar-refractivity contribution in [2.24, 2.45) is 0 Å². The molecule has 0 spiro atoms. The van der Waals surface area contributed by atoms with Gasteiger partial charge in [-0.25, -0.2) is 0 Å². The predicted molar refractivity (Wildman–Crippen MR) is 68.9 cm³/mol. The Morgan fingerprint density at radius 1 is 1.25 bits per heavy atom. The molecule has 1 fully saturated rings. The van der Waals surface area contributed by atoms with Gasteiger partial charge in [0.25, 0.3) is 0 Å². The first-order chi connectivity index (χ1) is 7.68. The van der Waals surface area contributed by atoms with Crippen molar-refractivity contribution in [2.75, 3.05) is 17.3 Å². The topological polar surface area (TPSA) is 37.3 Å². The van der Waals surface area contributed by atoms with E-state index < -0.39 is 10.3 Å². The molecule has 1 aliphatic heterocycles. The summed E-state index contributed by atoms with van der Waals surface area (Å²) in [5.41, 5.74) is 1.24. The van der Waals surface area contributed by atoms with E-state index in [1.807, 2.05) is 24.6 Å². The Labute approximate surface area is 98.2 Å². The summed E-state index contributed by atoms with van der Waals surface area (Å²) >= 11 is 0. The Morgan fingerprint density at radius 3 is 2.69 bits per heavy atom. The third-order valence-corrected chi connectivity index (χ3v) is 5.52. The van der Waals surface area contributed by atoms with E-state index >= 15 is 0 Å². The molecule has 2 nitrogen and oxygen atoms in total. The second kappa shape index (κ2) is 5.02. The Balaban J connectivity index is 1.91. The maximum absolute atomic E-state index is 11.3. The minimum absolute atomic E-state index is 0.191. The van der Waals surface area contributed by atoms with Crippen LogP contribution in [-0.4, -0.2) is 27.6 Å². The molecule has 0 aromatic heterocycles. The van der Waals surface area contributed by atoms with E-state index in [1.165, 1.54) is 5.56 Å². The van der Waals surface area contributed by atoms with E-state index in [1.54, 1.807) is 0 Å². The standard InChI is InChI=1S/C13H17O2S/c14-13-7-4-9-16(15,11-13)10-8-12-5-2-1-3-6-12/h1-6,15H,7-11H2. The summed E-state index contributed by atoms with van der Waals surface area (Å²) in [6, 6.07) is 10.1. The molecule has 1 aliphatic rings. The molecule has 0 amide bonds. The number of carbonyl (C=O) groups is 1. The van der Waals surface area contributed by atoms with Crippen molar-refractivity contribution < 1.29 is 9.35 Å². The van der Waals surface area contributed by atoms with Crippen LogP contribution >= 0.6 is 10.3 Å². The molecule has 0 saturated carbocycles. The van der Waals surface area contributed by atoms with Gasteiger partial charge in [-0.05, 0) is 18.4 Å². The highest BCUT2D eigenvalue weighted by molar-refractivity contribution is 8.29. The average molecular weight is 237 g/mol. The van der Waals surface area contributed by atoms with Crippen LogP contribution in [0.5, 0.6) is 0 Å². The smallest absolute Gasteiger partial charge is 0.143 e. The molecule has 87 valence electrons. The molecule has 1 radical (unpaired) electrons. The van der Waals surface area contributed by atoms with E-state index in [2.05, 4.69) is 12.1 Å². The zero-order chi connectivity index (χ0) is 11.4. The molecular weight excluding hydrogens is 220 g/mol. The van der Waals surface area contributed by atoms with Crippen LogP contribution in [-0.2, 0) is 11.2 Å². The van der Waals surface area contributed by atoms with Crippen molar-refractivity contribution in [1.29, 1.82) is 0 Å². The summed E-state index contributed by atoms with van der Waals surface area (Å²) in [5, 5.41) is 0. The number of benzene rings is 1. The number of carbonyl (C=O) groups excluding carboxylic acids is 1. The van der Waals surface area contributed by atoms with E-state index in [-0.39, 0.29) is 5.78 Å². The van der Waals surface area contributed by atoms with Gasteiger partial charge in [-0.3, -0.25) is 4.79 Å². The number of aryl methyl sites for hydroxylation is 1. The highest BCUT2D eigenvalue weighted by Gasteiger charge is 2.28. The molecule has 1 aromatic rings. The summed E-state index contributed by atoms with van der Waals surface area (Å²) in [4.78, 5) is 11.3. The van der Waals surface area contributed by atoms with Crippen molar-refractivity contribution in [3.63, 3.8) is 0 Å². The molecule has 3 heteroatoms. The normalized spacial score (nSPS) is 29.7. The average Bonchev–Trinajstić information content (AvgIpc) is 2.28. The molecule has 0 aliphatic carbocycles. The van der Waals surface area contributed by atoms with Crippen LogP contribution in [0.3, 0.4) is 0 Å². The number of hydrogen-bond donors (Lipinski definition) is 1. The van der Waals surface area contributed by atoms with Gasteiger partial charge in [0.2, 0.25) is 0 Å². The first kappa shape index (κ1) is 11.7. The Kier molecular flexibility index (Phi) is 3.66. The molecule has 0 bridgehead atoms. The second-order valence-electron chi connectivity index (χ2n) is 4.28. The van der Waals surface area contributed by atoms with Crippen molar-refractivity contribution in [1.82, 2.24) is 0 Å². The van der Waals surface area contributed by atoms with Crippen molar-refractivity contribution in [2.45, 2.75) is 12.8 Å². The van der Waals surface area contributed by atoms with Gasteiger partial charge < -0.3 is 4.55 Å². The number of rotatable bonds is 3. The molecule has 1 heterocycles. The van der Waals surface area contributed by atoms with Crippen molar-refractivity contribution >= 4 is 16.1 Å². The van der Waals surface area contributed by atoms with Crippen LogP contribution < -0.4 is 0 Å². The van der Waals surface area contributed by atoms with Gasteiger partial charge in [0.15, 0.2) is 0 Å². The van der Waals surface area contributed by atoms with E-state index in [0.29, 0.717) is 12.2 Å². The van der Waals surface area contributed by atoms with Crippen molar-refractivity contribution in [3.05, 3.63) is 42.3 Å². The fourth-order valence-electron chi connectivity index (χ4n) is 1.96. The number of hydrogen-bond acceptors (Lipinski definition) is 2. The second-order valence-corrected chi connectivity index (χ2v) is 7.31. The quantitative estimate of drug-likeness (QED) is 0.877. The van der Waals surface area contributed by atoms with E-state index in [9.17, 15) is 9.35 Å². The zero-order valence-corrected chi connectivity index (χ0v) is 10.1. The van der Waals surface area contributed by atoms with Gasteiger partial charge >= 0.3 is 0 Å². The number of ketones is 1. The molecule has 2 rings (SSSR count). The minimum Gasteiger partial charge on any atom is -0.351 e. The molecule has 1 atom stereocenters. The SMILES string of the molecule is O=C1C[CH]CS(O)(CCc2ccccc2)C1. The van der Waals surface area contributed by atoms with Gasteiger partial charge in [-0.2, -0.15) is 0 Å². The molecule has 1 unspecified atom stereocenters. The van der Waals surface area contributed by atoms with Crippen LogP contribution in [0, 0.1) is 6.42 Å². The molecule has 16 heavy (non-hydrogen) atoms. The first-order valence-electron chi connectivity index (χ1n) is 5.54. The third kappa shape index (κ3) is 3.09. The van der Waals surface area contributed by atoms with Gasteiger partial charge in [0.1, 0.15) is 5.78 Å². The monoisotopic (exact) mass is 237 g/mol. The summed E-state index contributed by atoms with van der Waals surface area (Å²) in [6.07, 6.45) is 3.35. The Hall–Kier alpha value is -0.800. The van der Waals surface area contributed by atoms with E-state index in [4.69, 9.17) is 0 Å². The Morgan fingerprint density at radius 2 is 2.00 bits per heavy atom. The highest BCUT2D eigenvalue weighted by Crippen LogP contribution is 2.47. The van der Waals surface area contributed by atoms with Crippen molar-refractivity contribution in [3.8, 4) is 0 Å². The van der Waals surface area contributed by atoms with Crippen LogP contribution in [0.2, 0.25) is 0 Å². The summed E-state index contributed by atoms with van der Waals surface area (Å²) in [7, 11) is -1.69. The molecular formula is C13H17O2S.